The van der Waals surface area contributed by atoms with Gasteiger partial charge in [0.2, 0.25) is 5.91 Å². The quantitative estimate of drug-likeness (QED) is 0.709. The van der Waals surface area contributed by atoms with Crippen LogP contribution < -0.4 is 5.32 Å². The minimum absolute atomic E-state index is 0.0262. The first kappa shape index (κ1) is 17.3. The van der Waals surface area contributed by atoms with E-state index in [2.05, 4.69) is 12.2 Å². The van der Waals surface area contributed by atoms with Crippen molar-refractivity contribution in [1.29, 1.82) is 0 Å². The normalized spacial score (nSPS) is 27.9. The number of carbonyl (C=O) groups is 2. The molecule has 3 unspecified atom stereocenters. The molecule has 1 rings (SSSR count). The van der Waals surface area contributed by atoms with Gasteiger partial charge in [-0.05, 0) is 38.9 Å². The highest BCUT2D eigenvalue weighted by atomic mass is 32.2. The van der Waals surface area contributed by atoms with E-state index < -0.39 is 17.4 Å². The molecule has 1 saturated carbocycles. The Labute approximate surface area is 126 Å². The zero-order chi connectivity index (χ0) is 15.2. The summed E-state index contributed by atoms with van der Waals surface area (Å²) in [5.41, 5.74) is -0.596. The van der Waals surface area contributed by atoms with Gasteiger partial charge >= 0.3 is 5.97 Å². The van der Waals surface area contributed by atoms with E-state index in [0.717, 1.165) is 37.9 Å². The third-order valence-electron chi connectivity index (χ3n) is 4.15. The van der Waals surface area contributed by atoms with Crippen LogP contribution in [0.1, 0.15) is 59.3 Å². The van der Waals surface area contributed by atoms with Gasteiger partial charge in [-0.1, -0.05) is 26.2 Å². The van der Waals surface area contributed by atoms with Gasteiger partial charge in [0.1, 0.15) is 0 Å². The second-order valence-electron chi connectivity index (χ2n) is 5.91. The smallest absolute Gasteiger partial charge is 0.308 e. The molecule has 4 nitrogen and oxygen atoms in total. The second-order valence-corrected chi connectivity index (χ2v) is 7.36. The monoisotopic (exact) mass is 301 g/mol. The molecule has 2 N–H and O–H groups in total. The maximum atomic E-state index is 12.3. The van der Waals surface area contributed by atoms with Crippen molar-refractivity contribution in [3.8, 4) is 0 Å². The highest BCUT2D eigenvalue weighted by molar-refractivity contribution is 8.00. The zero-order valence-electron chi connectivity index (χ0n) is 12.8. The lowest BCUT2D eigenvalue weighted by molar-refractivity contribution is -0.146. The summed E-state index contributed by atoms with van der Waals surface area (Å²) in [7, 11) is 0. The lowest BCUT2D eigenvalue weighted by Crippen LogP contribution is -2.56. The SMILES string of the molecule is CCCCSC(C)C(=O)NC1(C)CCCCC1C(=O)O. The van der Waals surface area contributed by atoms with E-state index in [1.165, 1.54) is 0 Å². The fraction of sp³-hybridized carbons (Fsp3) is 0.867. The first-order chi connectivity index (χ1) is 9.40. The van der Waals surface area contributed by atoms with E-state index in [0.29, 0.717) is 6.42 Å². The molecule has 20 heavy (non-hydrogen) atoms. The van der Waals surface area contributed by atoms with Crippen LogP contribution in [0.2, 0.25) is 0 Å². The van der Waals surface area contributed by atoms with Gasteiger partial charge in [0.15, 0.2) is 0 Å². The molecular weight excluding hydrogens is 274 g/mol. The molecule has 3 atom stereocenters. The van der Waals surface area contributed by atoms with Crippen LogP contribution in [0.25, 0.3) is 0 Å². The van der Waals surface area contributed by atoms with Crippen molar-refractivity contribution in [2.75, 3.05) is 5.75 Å². The fourth-order valence-corrected chi connectivity index (χ4v) is 3.76. The highest BCUT2D eigenvalue weighted by Crippen LogP contribution is 2.34. The Hall–Kier alpha value is -0.710. The van der Waals surface area contributed by atoms with E-state index in [1.54, 1.807) is 11.8 Å². The van der Waals surface area contributed by atoms with Crippen LogP contribution in [0.4, 0.5) is 0 Å². The summed E-state index contributed by atoms with van der Waals surface area (Å²) in [4.78, 5) is 23.6. The van der Waals surface area contributed by atoms with Gasteiger partial charge in [-0.15, -0.1) is 11.8 Å². The average molecular weight is 301 g/mol. The zero-order valence-corrected chi connectivity index (χ0v) is 13.6. The van der Waals surface area contributed by atoms with Gasteiger partial charge in [0.05, 0.1) is 16.7 Å². The third-order valence-corrected chi connectivity index (χ3v) is 5.39. The van der Waals surface area contributed by atoms with Crippen LogP contribution >= 0.6 is 11.8 Å². The number of unbranched alkanes of at least 4 members (excludes halogenated alkanes) is 1. The van der Waals surface area contributed by atoms with E-state index in [4.69, 9.17) is 0 Å². The number of rotatable bonds is 7. The van der Waals surface area contributed by atoms with Gasteiger partial charge in [0.25, 0.3) is 0 Å². The van der Waals surface area contributed by atoms with Crippen LogP contribution in [-0.2, 0) is 9.59 Å². The summed E-state index contributed by atoms with van der Waals surface area (Å²) in [5.74, 6) is -0.307. The molecule has 1 aliphatic carbocycles. The third kappa shape index (κ3) is 4.69. The van der Waals surface area contributed by atoms with Crippen molar-refractivity contribution in [1.82, 2.24) is 5.32 Å². The standard InChI is InChI=1S/C15H27NO3S/c1-4-5-10-20-11(2)13(17)16-15(3)9-7-6-8-12(15)14(18)19/h11-12H,4-10H2,1-3H3,(H,16,17)(H,18,19). The lowest BCUT2D eigenvalue weighted by Gasteiger charge is -2.40. The number of thioether (sulfide) groups is 1. The minimum Gasteiger partial charge on any atom is -0.481 e. The number of hydrogen-bond acceptors (Lipinski definition) is 3. The fourth-order valence-electron chi connectivity index (χ4n) is 2.74. The summed E-state index contributed by atoms with van der Waals surface area (Å²) in [6.45, 7) is 5.91. The highest BCUT2D eigenvalue weighted by Gasteiger charge is 2.42. The molecule has 0 aromatic carbocycles. The Morgan fingerprint density at radius 1 is 1.45 bits per heavy atom. The van der Waals surface area contributed by atoms with Gasteiger partial charge in [-0.2, -0.15) is 0 Å². The van der Waals surface area contributed by atoms with E-state index in [1.807, 2.05) is 13.8 Å². The Morgan fingerprint density at radius 3 is 2.75 bits per heavy atom. The summed E-state index contributed by atoms with van der Waals surface area (Å²) in [6, 6.07) is 0. The average Bonchev–Trinajstić information content (AvgIpc) is 2.38. The van der Waals surface area contributed by atoms with Gasteiger partial charge < -0.3 is 10.4 Å². The topological polar surface area (TPSA) is 66.4 Å². The number of nitrogens with one attached hydrogen (secondary N) is 1. The van der Waals surface area contributed by atoms with Crippen molar-refractivity contribution in [2.45, 2.75) is 70.1 Å². The summed E-state index contributed by atoms with van der Waals surface area (Å²) >= 11 is 1.65. The Bertz CT molecular complexity index is 348. The molecule has 0 aromatic rings. The van der Waals surface area contributed by atoms with Crippen LogP contribution in [0.5, 0.6) is 0 Å². The Kier molecular flexibility index (Phi) is 6.86. The van der Waals surface area contributed by atoms with E-state index >= 15 is 0 Å². The summed E-state index contributed by atoms with van der Waals surface area (Å²) in [5, 5.41) is 12.2. The largest absolute Gasteiger partial charge is 0.481 e. The van der Waals surface area contributed by atoms with Crippen LogP contribution in [0.15, 0.2) is 0 Å². The molecule has 0 aromatic heterocycles. The first-order valence-electron chi connectivity index (χ1n) is 7.57. The number of hydrogen-bond donors (Lipinski definition) is 2. The number of carbonyl (C=O) groups excluding carboxylic acids is 1. The predicted octanol–water partition coefficient (Wildman–Crippen LogP) is 3.06. The van der Waals surface area contributed by atoms with Gasteiger partial charge in [-0.25, -0.2) is 0 Å². The Balaban J connectivity index is 2.59. The van der Waals surface area contributed by atoms with Crippen molar-refractivity contribution >= 4 is 23.6 Å². The number of aliphatic carboxylic acids is 1. The molecule has 0 spiro atoms. The lowest BCUT2D eigenvalue weighted by atomic mass is 9.74. The molecule has 0 saturated heterocycles. The number of carboxylic acids is 1. The molecule has 0 bridgehead atoms. The summed E-state index contributed by atoms with van der Waals surface area (Å²) < 4.78 is 0. The molecule has 0 heterocycles. The number of amides is 1. The maximum absolute atomic E-state index is 12.3. The van der Waals surface area contributed by atoms with E-state index in [9.17, 15) is 14.7 Å². The number of carboxylic acid groups (broad SMARTS) is 1. The van der Waals surface area contributed by atoms with Crippen molar-refractivity contribution < 1.29 is 14.7 Å². The maximum Gasteiger partial charge on any atom is 0.308 e. The minimum atomic E-state index is -0.793. The van der Waals surface area contributed by atoms with Crippen molar-refractivity contribution in [3.05, 3.63) is 0 Å². The predicted molar refractivity (Wildman–Crippen MR) is 83.0 cm³/mol. The molecule has 1 aliphatic rings. The second kappa shape index (κ2) is 7.91. The molecule has 116 valence electrons. The Morgan fingerprint density at radius 2 is 2.15 bits per heavy atom. The van der Waals surface area contributed by atoms with Crippen molar-refractivity contribution in [3.63, 3.8) is 0 Å². The molecule has 0 radical (unpaired) electrons. The molecule has 0 aliphatic heterocycles. The summed E-state index contributed by atoms with van der Waals surface area (Å²) in [6.07, 6.45) is 5.56. The molecule has 5 heteroatoms. The molecular formula is C15H27NO3S. The van der Waals surface area contributed by atoms with Gasteiger partial charge in [-0.3, -0.25) is 9.59 Å². The van der Waals surface area contributed by atoms with Crippen LogP contribution in [0, 0.1) is 5.92 Å². The first-order valence-corrected chi connectivity index (χ1v) is 8.62. The van der Waals surface area contributed by atoms with Gasteiger partial charge in [0, 0.05) is 0 Å². The molecule has 1 fully saturated rings. The van der Waals surface area contributed by atoms with E-state index in [-0.39, 0.29) is 11.2 Å². The van der Waals surface area contributed by atoms with Crippen LogP contribution in [-0.4, -0.2) is 33.5 Å². The van der Waals surface area contributed by atoms with Crippen LogP contribution in [0.3, 0.4) is 0 Å². The molecule has 1 amide bonds. The van der Waals surface area contributed by atoms with Crippen molar-refractivity contribution in [2.24, 2.45) is 5.92 Å².